The highest BCUT2D eigenvalue weighted by Gasteiger charge is 2.16. The van der Waals surface area contributed by atoms with Crippen LogP contribution in [0.15, 0.2) is 36.4 Å². The lowest BCUT2D eigenvalue weighted by Crippen LogP contribution is -2.07. The summed E-state index contributed by atoms with van der Waals surface area (Å²) in [6.45, 7) is 4.23. The second-order valence-electron chi connectivity index (χ2n) is 6.45. The number of phenols is 1. The van der Waals surface area contributed by atoms with Crippen molar-refractivity contribution in [2.45, 2.75) is 39.5 Å². The minimum Gasteiger partial charge on any atom is -0.507 e. The molecule has 0 atom stereocenters. The van der Waals surface area contributed by atoms with Crippen LogP contribution in [0.2, 0.25) is 0 Å². The Bertz CT molecular complexity index is 828. The van der Waals surface area contributed by atoms with E-state index >= 15 is 0 Å². The molecule has 150 valence electrons. The maximum absolute atomic E-state index is 11.6. The van der Waals surface area contributed by atoms with Crippen molar-refractivity contribution in [2.24, 2.45) is 0 Å². The number of ether oxygens (including phenoxy) is 2. The van der Waals surface area contributed by atoms with Crippen LogP contribution in [-0.4, -0.2) is 35.2 Å². The third-order valence-electron chi connectivity index (χ3n) is 4.29. The lowest BCUT2D eigenvalue weighted by atomic mass is 10.0. The van der Waals surface area contributed by atoms with Gasteiger partial charge in [0.05, 0.1) is 18.8 Å². The molecule has 2 aromatic carbocycles. The molecule has 0 aliphatic heterocycles. The molecule has 28 heavy (non-hydrogen) atoms. The predicted octanol–water partition coefficient (Wildman–Crippen LogP) is 4.48. The third kappa shape index (κ3) is 5.49. The number of carboxylic acid groups (broad SMARTS) is 1. The van der Waals surface area contributed by atoms with Crippen LogP contribution in [0.25, 0.3) is 0 Å². The van der Waals surface area contributed by atoms with Crippen LogP contribution in [0.4, 0.5) is 0 Å². The lowest BCUT2D eigenvalue weighted by molar-refractivity contribution is 0.0691. The van der Waals surface area contributed by atoms with Gasteiger partial charge in [0.25, 0.3) is 0 Å². The quantitative estimate of drug-likeness (QED) is 0.437. The van der Waals surface area contributed by atoms with E-state index in [1.54, 1.807) is 30.3 Å². The van der Waals surface area contributed by atoms with E-state index in [4.69, 9.17) is 14.6 Å². The summed E-state index contributed by atoms with van der Waals surface area (Å²) < 4.78 is 11.4. The number of rotatable bonds is 11. The number of phenolic OH excluding ortho intramolecular Hbond substituents is 1. The van der Waals surface area contributed by atoms with Gasteiger partial charge in [0.2, 0.25) is 0 Å². The molecule has 0 heterocycles. The molecule has 0 amide bonds. The normalized spacial score (nSPS) is 10.5. The molecular formula is C22H26O6. The van der Waals surface area contributed by atoms with Gasteiger partial charge >= 0.3 is 5.97 Å². The Kier molecular flexibility index (Phi) is 7.87. The number of Topliss-reactive ketones (excluding diaryl/α,β-unsaturated/α-hetero) is 1. The number of hydrogen-bond donors (Lipinski definition) is 2. The Morgan fingerprint density at radius 1 is 0.929 bits per heavy atom. The van der Waals surface area contributed by atoms with E-state index in [0.29, 0.717) is 55.1 Å². The van der Waals surface area contributed by atoms with E-state index in [9.17, 15) is 14.7 Å². The molecule has 2 N–H and O–H groups in total. The van der Waals surface area contributed by atoms with Gasteiger partial charge in [-0.1, -0.05) is 25.5 Å². The van der Waals surface area contributed by atoms with Crippen molar-refractivity contribution in [1.29, 1.82) is 0 Å². The molecule has 0 radical (unpaired) electrons. The van der Waals surface area contributed by atoms with E-state index in [0.717, 1.165) is 6.42 Å². The molecule has 6 nitrogen and oxygen atoms in total. The topological polar surface area (TPSA) is 93.1 Å². The highest BCUT2D eigenvalue weighted by Crippen LogP contribution is 2.33. The summed E-state index contributed by atoms with van der Waals surface area (Å²) in [4.78, 5) is 22.7. The Labute approximate surface area is 164 Å². The molecule has 0 unspecified atom stereocenters. The molecule has 0 saturated carbocycles. The fourth-order valence-electron chi connectivity index (χ4n) is 2.87. The maximum atomic E-state index is 11.6. The number of carbonyl (C=O) groups excluding carboxylic acids is 1. The van der Waals surface area contributed by atoms with Crippen LogP contribution in [0.1, 0.15) is 59.4 Å². The van der Waals surface area contributed by atoms with Crippen molar-refractivity contribution < 1.29 is 29.3 Å². The fraction of sp³-hybridized carbons (Fsp3) is 0.364. The third-order valence-corrected chi connectivity index (χ3v) is 4.29. The number of hydrogen-bond acceptors (Lipinski definition) is 5. The van der Waals surface area contributed by atoms with Gasteiger partial charge in [-0.05, 0) is 50.5 Å². The molecule has 0 bridgehead atoms. The number of carboxylic acids is 1. The highest BCUT2D eigenvalue weighted by molar-refractivity contribution is 5.97. The summed E-state index contributed by atoms with van der Waals surface area (Å²) in [6.07, 6.45) is 2.84. The van der Waals surface area contributed by atoms with E-state index in [-0.39, 0.29) is 17.1 Å². The van der Waals surface area contributed by atoms with E-state index in [1.165, 1.54) is 13.0 Å². The largest absolute Gasteiger partial charge is 0.507 e. The second kappa shape index (κ2) is 10.3. The first-order valence-electron chi connectivity index (χ1n) is 9.39. The monoisotopic (exact) mass is 386 g/mol. The molecule has 0 aromatic heterocycles. The summed E-state index contributed by atoms with van der Waals surface area (Å²) in [5.41, 5.74) is 1.10. The predicted molar refractivity (Wildman–Crippen MR) is 106 cm³/mol. The maximum Gasteiger partial charge on any atom is 0.339 e. The standard InChI is InChI=1S/C22H26O6/c1-3-8-17-20(12-11-16(15(2)23)21(17)24)28-14-7-6-13-27-19-10-5-4-9-18(19)22(25)26/h4-5,9-12,24H,3,6-8,13-14H2,1-2H3,(H,25,26). The molecule has 2 rings (SSSR count). The summed E-state index contributed by atoms with van der Waals surface area (Å²) in [6, 6.07) is 9.84. The summed E-state index contributed by atoms with van der Waals surface area (Å²) in [5, 5.41) is 19.5. The van der Waals surface area contributed by atoms with Crippen molar-refractivity contribution in [1.82, 2.24) is 0 Å². The molecule has 0 spiro atoms. The smallest absolute Gasteiger partial charge is 0.339 e. The summed E-state index contributed by atoms with van der Waals surface area (Å²) >= 11 is 0. The van der Waals surface area contributed by atoms with Gasteiger partial charge in [-0.25, -0.2) is 4.79 Å². The summed E-state index contributed by atoms with van der Waals surface area (Å²) in [5.74, 6) is -0.260. The van der Waals surface area contributed by atoms with E-state index in [2.05, 4.69) is 0 Å². The van der Waals surface area contributed by atoms with Gasteiger partial charge in [0.1, 0.15) is 22.8 Å². The highest BCUT2D eigenvalue weighted by atomic mass is 16.5. The van der Waals surface area contributed by atoms with Gasteiger partial charge in [-0.3, -0.25) is 4.79 Å². The zero-order valence-electron chi connectivity index (χ0n) is 16.2. The Hall–Kier alpha value is -3.02. The van der Waals surface area contributed by atoms with Crippen molar-refractivity contribution in [3.05, 3.63) is 53.1 Å². The number of unbranched alkanes of at least 4 members (excludes halogenated alkanes) is 1. The zero-order valence-corrected chi connectivity index (χ0v) is 16.2. The van der Waals surface area contributed by atoms with E-state index in [1.807, 2.05) is 6.92 Å². The molecule has 0 aliphatic rings. The first-order valence-corrected chi connectivity index (χ1v) is 9.39. The van der Waals surface area contributed by atoms with Gasteiger partial charge in [-0.15, -0.1) is 0 Å². The Morgan fingerprint density at radius 3 is 2.18 bits per heavy atom. The molecule has 6 heteroatoms. The van der Waals surface area contributed by atoms with Gasteiger partial charge in [0.15, 0.2) is 5.78 Å². The van der Waals surface area contributed by atoms with Crippen molar-refractivity contribution in [3.8, 4) is 17.2 Å². The van der Waals surface area contributed by atoms with Crippen LogP contribution >= 0.6 is 0 Å². The average Bonchev–Trinajstić information content (AvgIpc) is 2.66. The number of benzene rings is 2. The first-order chi connectivity index (χ1) is 13.5. The Morgan fingerprint density at radius 2 is 1.57 bits per heavy atom. The van der Waals surface area contributed by atoms with Crippen LogP contribution in [0, 0.1) is 0 Å². The van der Waals surface area contributed by atoms with Gasteiger partial charge in [-0.2, -0.15) is 0 Å². The Balaban J connectivity index is 1.86. The number of para-hydroxylation sites is 1. The first kappa shape index (κ1) is 21.3. The van der Waals surface area contributed by atoms with Crippen LogP contribution in [-0.2, 0) is 6.42 Å². The van der Waals surface area contributed by atoms with Gasteiger partial charge in [0, 0.05) is 5.56 Å². The summed E-state index contributed by atoms with van der Waals surface area (Å²) in [7, 11) is 0. The number of aromatic hydroxyl groups is 1. The van der Waals surface area contributed by atoms with Gasteiger partial charge < -0.3 is 19.7 Å². The van der Waals surface area contributed by atoms with Crippen LogP contribution in [0.3, 0.4) is 0 Å². The number of carbonyl (C=O) groups is 2. The number of ketones is 1. The van der Waals surface area contributed by atoms with Crippen LogP contribution in [0.5, 0.6) is 17.2 Å². The van der Waals surface area contributed by atoms with Crippen molar-refractivity contribution >= 4 is 11.8 Å². The SMILES string of the molecule is CCCc1c(OCCCCOc2ccccc2C(=O)O)ccc(C(C)=O)c1O. The molecule has 2 aromatic rings. The molecular weight excluding hydrogens is 360 g/mol. The minimum atomic E-state index is -1.02. The average molecular weight is 386 g/mol. The molecule has 0 fully saturated rings. The van der Waals surface area contributed by atoms with Crippen LogP contribution < -0.4 is 9.47 Å². The van der Waals surface area contributed by atoms with E-state index < -0.39 is 5.97 Å². The fourth-order valence-corrected chi connectivity index (χ4v) is 2.87. The zero-order chi connectivity index (χ0) is 20.5. The van der Waals surface area contributed by atoms with Crippen molar-refractivity contribution in [3.63, 3.8) is 0 Å². The molecule has 0 saturated heterocycles. The van der Waals surface area contributed by atoms with Crippen molar-refractivity contribution in [2.75, 3.05) is 13.2 Å². The number of aromatic carboxylic acids is 1. The lowest BCUT2D eigenvalue weighted by Gasteiger charge is -2.15. The second-order valence-corrected chi connectivity index (χ2v) is 6.45. The molecule has 0 aliphatic carbocycles. The minimum absolute atomic E-state index is 0.000427.